The first kappa shape index (κ1) is 26.2. The van der Waals surface area contributed by atoms with Crippen LogP contribution in [0.15, 0.2) is 46.9 Å². The van der Waals surface area contributed by atoms with Crippen molar-refractivity contribution in [1.82, 2.24) is 10.2 Å². The third-order valence-corrected chi connectivity index (χ3v) is 6.11. The molecule has 0 aliphatic carbocycles. The number of carbonyl (C=O) groups is 2. The molecule has 2 amide bonds. The highest BCUT2D eigenvalue weighted by Gasteiger charge is 2.29. The van der Waals surface area contributed by atoms with E-state index in [1.807, 2.05) is 37.3 Å². The van der Waals surface area contributed by atoms with Crippen molar-refractivity contribution in [3.05, 3.63) is 63.1 Å². The molecule has 5 nitrogen and oxygen atoms in total. The van der Waals surface area contributed by atoms with E-state index >= 15 is 0 Å². The van der Waals surface area contributed by atoms with Gasteiger partial charge >= 0.3 is 0 Å². The summed E-state index contributed by atoms with van der Waals surface area (Å²) in [5.41, 5.74) is 2.07. The minimum Gasteiger partial charge on any atom is -0.483 e. The molecule has 2 rings (SSSR count). The maximum Gasteiger partial charge on any atom is 0.261 e. The third kappa shape index (κ3) is 7.82. The van der Waals surface area contributed by atoms with Gasteiger partial charge in [-0.3, -0.25) is 9.59 Å². The molecule has 32 heavy (non-hydrogen) atoms. The Hall–Kier alpha value is -2.05. The first-order valence-electron chi connectivity index (χ1n) is 11.1. The van der Waals surface area contributed by atoms with E-state index in [2.05, 4.69) is 35.1 Å². The molecule has 0 aromatic heterocycles. The zero-order valence-electron chi connectivity index (χ0n) is 19.0. The lowest BCUT2D eigenvalue weighted by Crippen LogP contribution is -2.50. The second-order valence-electron chi connectivity index (χ2n) is 7.62. The van der Waals surface area contributed by atoms with E-state index in [0.717, 1.165) is 29.3 Å². The van der Waals surface area contributed by atoms with Crippen LogP contribution >= 0.6 is 27.5 Å². The van der Waals surface area contributed by atoms with Crippen LogP contribution in [0.1, 0.15) is 51.2 Å². The number of nitrogens with one attached hydrogen (secondary N) is 1. The fraction of sp³-hybridized carbons (Fsp3) is 0.440. The Morgan fingerprint density at radius 3 is 2.38 bits per heavy atom. The van der Waals surface area contributed by atoms with Gasteiger partial charge in [-0.05, 0) is 70.6 Å². The Morgan fingerprint density at radius 2 is 1.78 bits per heavy atom. The van der Waals surface area contributed by atoms with Crippen molar-refractivity contribution in [3.8, 4) is 5.75 Å². The van der Waals surface area contributed by atoms with Gasteiger partial charge in [0.2, 0.25) is 5.91 Å². The summed E-state index contributed by atoms with van der Waals surface area (Å²) in [4.78, 5) is 27.7. The normalized spacial score (nSPS) is 11.7. The van der Waals surface area contributed by atoms with Gasteiger partial charge in [0.05, 0.1) is 4.47 Å². The molecule has 0 saturated carbocycles. The number of hydrogen-bond donors (Lipinski definition) is 1. The van der Waals surface area contributed by atoms with E-state index in [1.165, 1.54) is 5.56 Å². The zero-order chi connectivity index (χ0) is 23.5. The van der Waals surface area contributed by atoms with Gasteiger partial charge in [0, 0.05) is 18.1 Å². The number of benzene rings is 2. The lowest BCUT2D eigenvalue weighted by molar-refractivity contribution is -0.143. The summed E-state index contributed by atoms with van der Waals surface area (Å²) in [6.45, 7) is 6.81. The minimum absolute atomic E-state index is 0.142. The quantitative estimate of drug-likeness (QED) is 0.359. The number of ether oxygens (including phenoxy) is 1. The van der Waals surface area contributed by atoms with Gasteiger partial charge in [0.25, 0.3) is 5.91 Å². The second-order valence-corrected chi connectivity index (χ2v) is 8.91. The van der Waals surface area contributed by atoms with Crippen molar-refractivity contribution in [1.29, 1.82) is 0 Å². The highest BCUT2D eigenvalue weighted by molar-refractivity contribution is 9.10. The Bertz CT molecular complexity index is 889. The molecule has 2 aromatic carbocycles. The maximum atomic E-state index is 13.2. The van der Waals surface area contributed by atoms with Crippen LogP contribution in [-0.4, -0.2) is 35.9 Å². The maximum absolute atomic E-state index is 13.2. The average molecular weight is 524 g/mol. The standard InChI is InChI=1S/C25H32BrClN2O3/c1-4-7-14-28-25(31)22(6-3)29(16-19-8-11-20(27)12-9-19)24(30)17-32-23-13-10-18(5-2)15-21(23)26/h8-13,15,22H,4-7,14,16-17H2,1-3H3,(H,28,31)/t22-/m0/s1. The lowest BCUT2D eigenvalue weighted by atomic mass is 10.1. The molecular formula is C25H32BrClN2O3. The molecule has 0 spiro atoms. The van der Waals surface area contributed by atoms with Crippen molar-refractivity contribution >= 4 is 39.3 Å². The summed E-state index contributed by atoms with van der Waals surface area (Å²) in [6, 6.07) is 12.5. The predicted molar refractivity (Wildman–Crippen MR) is 133 cm³/mol. The van der Waals surface area contributed by atoms with Gasteiger partial charge in [-0.1, -0.05) is 57.0 Å². The Labute approximate surface area is 204 Å². The number of rotatable bonds is 12. The molecule has 0 heterocycles. The fourth-order valence-electron chi connectivity index (χ4n) is 3.32. The van der Waals surface area contributed by atoms with Crippen LogP contribution in [0.25, 0.3) is 0 Å². The molecular weight excluding hydrogens is 492 g/mol. The summed E-state index contributed by atoms with van der Waals surface area (Å²) in [5, 5.41) is 3.58. The summed E-state index contributed by atoms with van der Waals surface area (Å²) in [5.74, 6) is 0.211. The smallest absolute Gasteiger partial charge is 0.261 e. The second kappa shape index (κ2) is 13.5. The highest BCUT2D eigenvalue weighted by atomic mass is 79.9. The predicted octanol–water partition coefficient (Wildman–Crippen LogP) is 5.77. The summed E-state index contributed by atoms with van der Waals surface area (Å²) in [7, 11) is 0. The number of hydrogen-bond acceptors (Lipinski definition) is 3. The average Bonchev–Trinajstić information content (AvgIpc) is 2.79. The fourth-order valence-corrected chi connectivity index (χ4v) is 3.98. The Kier molecular flexibility index (Phi) is 11.0. The lowest BCUT2D eigenvalue weighted by Gasteiger charge is -2.30. The number of amides is 2. The molecule has 2 aromatic rings. The highest BCUT2D eigenvalue weighted by Crippen LogP contribution is 2.26. The number of unbranched alkanes of at least 4 members (excludes halogenated alkanes) is 1. The van der Waals surface area contributed by atoms with Crippen LogP contribution < -0.4 is 10.1 Å². The van der Waals surface area contributed by atoms with E-state index in [1.54, 1.807) is 17.0 Å². The van der Waals surface area contributed by atoms with Crippen molar-refractivity contribution in [3.63, 3.8) is 0 Å². The van der Waals surface area contributed by atoms with Gasteiger partial charge in [0.15, 0.2) is 6.61 Å². The molecule has 0 saturated heterocycles. The molecule has 0 aliphatic rings. The molecule has 0 fully saturated rings. The summed E-state index contributed by atoms with van der Waals surface area (Å²) >= 11 is 9.52. The van der Waals surface area contributed by atoms with E-state index in [0.29, 0.717) is 30.3 Å². The Morgan fingerprint density at radius 1 is 1.09 bits per heavy atom. The monoisotopic (exact) mass is 522 g/mol. The molecule has 174 valence electrons. The number of nitrogens with zero attached hydrogens (tertiary/aromatic N) is 1. The van der Waals surface area contributed by atoms with Gasteiger partial charge in [-0.15, -0.1) is 0 Å². The number of halogens is 2. The molecule has 0 aliphatic heterocycles. The first-order valence-corrected chi connectivity index (χ1v) is 12.3. The van der Waals surface area contributed by atoms with E-state index < -0.39 is 6.04 Å². The summed E-state index contributed by atoms with van der Waals surface area (Å²) in [6.07, 6.45) is 3.31. The van der Waals surface area contributed by atoms with Crippen molar-refractivity contribution < 1.29 is 14.3 Å². The molecule has 7 heteroatoms. The molecule has 1 atom stereocenters. The van der Waals surface area contributed by atoms with Crippen LogP contribution in [0.3, 0.4) is 0 Å². The van der Waals surface area contributed by atoms with Gasteiger partial charge in [-0.25, -0.2) is 0 Å². The minimum atomic E-state index is -0.579. The van der Waals surface area contributed by atoms with Crippen molar-refractivity contribution in [2.75, 3.05) is 13.2 Å². The van der Waals surface area contributed by atoms with Gasteiger partial charge in [-0.2, -0.15) is 0 Å². The van der Waals surface area contributed by atoms with Crippen LogP contribution in [-0.2, 0) is 22.6 Å². The zero-order valence-corrected chi connectivity index (χ0v) is 21.3. The van der Waals surface area contributed by atoms with Crippen molar-refractivity contribution in [2.45, 2.75) is 59.0 Å². The molecule has 0 bridgehead atoms. The van der Waals surface area contributed by atoms with E-state index in [4.69, 9.17) is 16.3 Å². The van der Waals surface area contributed by atoms with E-state index in [-0.39, 0.29) is 18.4 Å². The number of carbonyl (C=O) groups excluding carboxylic acids is 2. The van der Waals surface area contributed by atoms with Crippen LogP contribution in [0.2, 0.25) is 5.02 Å². The van der Waals surface area contributed by atoms with Crippen LogP contribution in [0.5, 0.6) is 5.75 Å². The topological polar surface area (TPSA) is 58.6 Å². The van der Waals surface area contributed by atoms with Gasteiger partial charge in [0.1, 0.15) is 11.8 Å². The first-order chi connectivity index (χ1) is 15.4. The third-order valence-electron chi connectivity index (χ3n) is 5.24. The molecule has 0 unspecified atom stereocenters. The SMILES string of the molecule is CCCCNC(=O)[C@H](CC)N(Cc1ccc(Cl)cc1)C(=O)COc1ccc(CC)cc1Br. The number of aryl methyl sites for hydroxylation is 1. The van der Waals surface area contributed by atoms with Crippen molar-refractivity contribution in [2.24, 2.45) is 0 Å². The Balaban J connectivity index is 2.18. The largest absolute Gasteiger partial charge is 0.483 e. The van der Waals surface area contributed by atoms with Crippen LogP contribution in [0.4, 0.5) is 0 Å². The van der Waals surface area contributed by atoms with E-state index in [9.17, 15) is 9.59 Å². The summed E-state index contributed by atoms with van der Waals surface area (Å²) < 4.78 is 6.62. The van der Waals surface area contributed by atoms with Gasteiger partial charge < -0.3 is 15.0 Å². The van der Waals surface area contributed by atoms with Crippen LogP contribution in [0, 0.1) is 0 Å². The molecule has 1 N–H and O–H groups in total. The molecule has 0 radical (unpaired) electrons.